The average molecular weight is 506 g/mol. The minimum atomic E-state index is -0.600. The maximum absolute atomic E-state index is 5.91. The summed E-state index contributed by atoms with van der Waals surface area (Å²) in [5.41, 5.74) is 2.75. The standard InChI is InChI=1S/C11H11B5N3.3Y/c1-7-6-10(15(12)16(13)14)4-5-11(7)19-9(3)17-8(2)18-19;;;/h5-6H,1-3H3;;;/q-1;;;. The third-order valence-electron chi connectivity index (χ3n) is 3.03. The number of rotatable bonds is 3. The second kappa shape index (κ2) is 11.6. The van der Waals surface area contributed by atoms with Crippen molar-refractivity contribution in [3.8, 4) is 5.69 Å². The van der Waals surface area contributed by atoms with Crippen molar-refractivity contribution in [1.82, 2.24) is 14.8 Å². The van der Waals surface area contributed by atoms with Crippen molar-refractivity contribution in [3.63, 3.8) is 0 Å². The SMILES string of the molecule is [B]B([B])B([B])c1[c-]cc(-n2nc(C)nc2C)c(C)c1.[Y].[Y].[Y]. The van der Waals surface area contributed by atoms with Crippen molar-refractivity contribution in [2.24, 2.45) is 0 Å². The maximum Gasteiger partial charge on any atom is 0.147 e. The molecule has 0 aliphatic heterocycles. The minimum absolute atomic E-state index is 0. The summed E-state index contributed by atoms with van der Waals surface area (Å²) in [7, 11) is 17.1. The molecule has 1 aromatic carbocycles. The first kappa shape index (κ1) is 26.2. The number of benzene rings is 1. The molecular formula is C11H11B5N3Y3-. The monoisotopic (exact) mass is 507 g/mol. The molecule has 9 radical (unpaired) electrons. The van der Waals surface area contributed by atoms with Gasteiger partial charge in [-0.05, 0) is 19.5 Å². The summed E-state index contributed by atoms with van der Waals surface area (Å²) >= 11 is 0. The van der Waals surface area contributed by atoms with E-state index >= 15 is 0 Å². The van der Waals surface area contributed by atoms with Crippen molar-refractivity contribution < 1.29 is 98.1 Å². The van der Waals surface area contributed by atoms with Crippen LogP contribution in [-0.4, -0.2) is 50.9 Å². The van der Waals surface area contributed by atoms with Crippen LogP contribution in [-0.2, 0) is 98.1 Å². The van der Waals surface area contributed by atoms with Crippen LogP contribution in [0.1, 0.15) is 17.2 Å². The zero-order valence-corrected chi connectivity index (χ0v) is 21.6. The number of hydrogen-bond acceptors (Lipinski definition) is 2. The van der Waals surface area contributed by atoms with Crippen molar-refractivity contribution in [3.05, 3.63) is 35.4 Å². The first-order chi connectivity index (χ1) is 8.90. The third-order valence-corrected chi connectivity index (χ3v) is 3.03. The quantitative estimate of drug-likeness (QED) is 0.406. The first-order valence-electron chi connectivity index (χ1n) is 6.09. The molecule has 0 bridgehead atoms. The molecule has 11 heteroatoms. The van der Waals surface area contributed by atoms with Gasteiger partial charge in [0, 0.05) is 134 Å². The van der Waals surface area contributed by atoms with E-state index < -0.39 is 12.9 Å². The molecule has 1 aromatic heterocycles. The Hall–Kier alpha value is 2.00. The molecule has 0 spiro atoms. The van der Waals surface area contributed by atoms with Gasteiger partial charge >= 0.3 is 0 Å². The topological polar surface area (TPSA) is 30.7 Å². The average Bonchev–Trinajstić information content (AvgIpc) is 2.67. The summed E-state index contributed by atoms with van der Waals surface area (Å²) in [4.78, 5) is 4.29. The van der Waals surface area contributed by atoms with Crippen molar-refractivity contribution in [2.75, 3.05) is 0 Å². The van der Waals surface area contributed by atoms with E-state index in [1.165, 1.54) is 0 Å². The van der Waals surface area contributed by atoms with Gasteiger partial charge in [-0.2, -0.15) is 23.3 Å². The van der Waals surface area contributed by atoms with Gasteiger partial charge in [0.2, 0.25) is 0 Å². The van der Waals surface area contributed by atoms with E-state index in [0.29, 0.717) is 0 Å². The second-order valence-corrected chi connectivity index (χ2v) is 4.68. The molecule has 22 heavy (non-hydrogen) atoms. The first-order valence-corrected chi connectivity index (χ1v) is 6.09. The Bertz CT molecular complexity index is 609. The van der Waals surface area contributed by atoms with Gasteiger partial charge in [0.25, 0.3) is 0 Å². The molecule has 0 unspecified atom stereocenters. The Morgan fingerprint density at radius 3 is 2.09 bits per heavy atom. The summed E-state index contributed by atoms with van der Waals surface area (Å²) in [5.74, 6) is 1.57. The van der Waals surface area contributed by atoms with E-state index in [-0.39, 0.29) is 98.1 Å². The van der Waals surface area contributed by atoms with Gasteiger partial charge in [-0.3, -0.25) is 4.68 Å². The summed E-state index contributed by atoms with van der Waals surface area (Å²) in [6.45, 7) is 5.33. The van der Waals surface area contributed by atoms with E-state index in [1.807, 2.05) is 32.9 Å². The van der Waals surface area contributed by atoms with Crippen LogP contribution in [0.2, 0.25) is 0 Å². The van der Waals surface area contributed by atoms with Gasteiger partial charge in [-0.15, -0.1) is 5.56 Å². The number of aromatic nitrogens is 3. The van der Waals surface area contributed by atoms with Crippen molar-refractivity contribution in [1.29, 1.82) is 0 Å². The minimum Gasteiger partial charge on any atom is -0.273 e. The molecule has 95 valence electrons. The fourth-order valence-corrected chi connectivity index (χ4v) is 1.99. The molecule has 2 aromatic rings. The van der Waals surface area contributed by atoms with Crippen LogP contribution < -0.4 is 5.46 Å². The molecule has 2 rings (SSSR count). The Kier molecular flexibility index (Phi) is 13.8. The molecule has 0 aliphatic rings. The van der Waals surface area contributed by atoms with E-state index in [2.05, 4.69) is 16.1 Å². The summed E-state index contributed by atoms with van der Waals surface area (Å²) < 4.78 is 1.79. The van der Waals surface area contributed by atoms with Gasteiger partial charge in [-0.25, -0.2) is 10.4 Å². The molecule has 1 heterocycles. The number of nitrogens with zero attached hydrogens (tertiary/aromatic N) is 3. The summed E-state index contributed by atoms with van der Waals surface area (Å²) in [5, 5.41) is 4.36. The molecule has 0 atom stereocenters. The predicted molar refractivity (Wildman–Crippen MR) is 82.8 cm³/mol. The van der Waals surface area contributed by atoms with Crippen LogP contribution in [0.3, 0.4) is 0 Å². The Morgan fingerprint density at radius 1 is 1.09 bits per heavy atom. The third kappa shape index (κ3) is 6.38. The molecule has 0 aliphatic carbocycles. The van der Waals surface area contributed by atoms with Gasteiger partial charge in [-0.1, -0.05) is 6.92 Å². The molecule has 0 amide bonds. The van der Waals surface area contributed by atoms with Gasteiger partial charge < -0.3 is 0 Å². The Labute approximate surface area is 213 Å². The zero-order valence-electron chi connectivity index (χ0n) is 13.1. The van der Waals surface area contributed by atoms with E-state index in [0.717, 1.165) is 28.4 Å². The van der Waals surface area contributed by atoms with Crippen LogP contribution >= 0.6 is 0 Å². The summed E-state index contributed by atoms with van der Waals surface area (Å²) in [6, 6.07) is 6.90. The molecule has 3 nitrogen and oxygen atoms in total. The van der Waals surface area contributed by atoms with E-state index in [4.69, 9.17) is 23.2 Å². The van der Waals surface area contributed by atoms with Crippen LogP contribution in [0, 0.1) is 26.8 Å². The van der Waals surface area contributed by atoms with Crippen LogP contribution in [0.25, 0.3) is 5.69 Å². The van der Waals surface area contributed by atoms with Crippen molar-refractivity contribution in [2.45, 2.75) is 20.8 Å². The predicted octanol–water partition coefficient (Wildman–Crippen LogP) is -0.744. The fourth-order valence-electron chi connectivity index (χ4n) is 1.99. The summed E-state index contributed by atoms with van der Waals surface area (Å²) in [6.07, 6.45) is -0.600. The largest absolute Gasteiger partial charge is 0.273 e. The van der Waals surface area contributed by atoms with Crippen LogP contribution in [0.5, 0.6) is 0 Å². The second-order valence-electron chi connectivity index (χ2n) is 4.68. The fraction of sp³-hybridized carbons (Fsp3) is 0.273. The van der Waals surface area contributed by atoms with Crippen molar-refractivity contribution >= 4 is 41.6 Å². The molecule has 0 saturated carbocycles. The van der Waals surface area contributed by atoms with Crippen LogP contribution in [0.4, 0.5) is 0 Å². The molecule has 0 N–H and O–H groups in total. The van der Waals surface area contributed by atoms with Gasteiger partial charge in [0.1, 0.15) is 11.6 Å². The number of hydrogen-bond donors (Lipinski definition) is 0. The van der Waals surface area contributed by atoms with Gasteiger partial charge in [0.05, 0.1) is 0 Å². The molecule has 0 saturated heterocycles. The Morgan fingerprint density at radius 2 is 1.68 bits per heavy atom. The zero-order chi connectivity index (χ0) is 14.2. The maximum atomic E-state index is 5.91. The molecule has 0 fully saturated rings. The number of aryl methyl sites for hydroxylation is 3. The van der Waals surface area contributed by atoms with E-state index in [9.17, 15) is 0 Å². The normalized spacial score (nSPS) is 9.05. The van der Waals surface area contributed by atoms with Gasteiger partial charge in [0.15, 0.2) is 0 Å². The Balaban J connectivity index is 0. The van der Waals surface area contributed by atoms with Crippen LogP contribution in [0.15, 0.2) is 12.1 Å². The van der Waals surface area contributed by atoms with E-state index in [1.54, 1.807) is 4.68 Å². The smallest absolute Gasteiger partial charge is 0.147 e. The molecular weight excluding hydrogens is 495 g/mol.